The molecule has 1 aliphatic carbocycles. The standard InChI is InChI=1S/C18H18O3/c19-11-16-8-9-17(10-18(16)21-13-15-6-7-15)20-12-14-4-2-1-3-5-14/h1-5,8-11,15H,6-7,12-13H2. The molecule has 0 bridgehead atoms. The highest BCUT2D eigenvalue weighted by Gasteiger charge is 2.22. The Morgan fingerprint density at radius 2 is 1.86 bits per heavy atom. The van der Waals surface area contributed by atoms with Gasteiger partial charge in [-0.2, -0.15) is 0 Å². The lowest BCUT2D eigenvalue weighted by molar-refractivity contribution is 0.111. The Kier molecular flexibility index (Phi) is 4.20. The first kappa shape index (κ1) is 13.7. The summed E-state index contributed by atoms with van der Waals surface area (Å²) in [7, 11) is 0. The van der Waals surface area contributed by atoms with Crippen LogP contribution in [0.5, 0.6) is 11.5 Å². The predicted molar refractivity (Wildman–Crippen MR) is 80.8 cm³/mol. The molecule has 108 valence electrons. The van der Waals surface area contributed by atoms with Crippen LogP contribution in [-0.2, 0) is 6.61 Å². The summed E-state index contributed by atoms with van der Waals surface area (Å²) >= 11 is 0. The highest BCUT2D eigenvalue weighted by Crippen LogP contribution is 2.31. The van der Waals surface area contributed by atoms with Crippen molar-refractivity contribution in [1.29, 1.82) is 0 Å². The molecule has 0 atom stereocenters. The van der Waals surface area contributed by atoms with Gasteiger partial charge in [-0.25, -0.2) is 0 Å². The Hall–Kier alpha value is -2.29. The zero-order valence-electron chi connectivity index (χ0n) is 11.8. The molecular weight excluding hydrogens is 264 g/mol. The molecule has 0 spiro atoms. The Balaban J connectivity index is 1.66. The van der Waals surface area contributed by atoms with E-state index in [2.05, 4.69) is 0 Å². The molecule has 0 heterocycles. The number of hydrogen-bond donors (Lipinski definition) is 0. The zero-order chi connectivity index (χ0) is 14.5. The SMILES string of the molecule is O=Cc1ccc(OCc2ccccc2)cc1OCC1CC1. The Labute approximate surface area is 124 Å². The number of benzene rings is 2. The van der Waals surface area contributed by atoms with Crippen molar-refractivity contribution in [3.05, 3.63) is 59.7 Å². The third-order valence-electron chi connectivity index (χ3n) is 3.53. The van der Waals surface area contributed by atoms with Crippen molar-refractivity contribution in [2.45, 2.75) is 19.4 Å². The number of ether oxygens (including phenoxy) is 2. The van der Waals surface area contributed by atoms with Crippen molar-refractivity contribution < 1.29 is 14.3 Å². The molecule has 1 saturated carbocycles. The molecule has 3 rings (SSSR count). The monoisotopic (exact) mass is 282 g/mol. The quantitative estimate of drug-likeness (QED) is 0.723. The van der Waals surface area contributed by atoms with E-state index in [-0.39, 0.29) is 0 Å². The Bertz CT molecular complexity index is 603. The molecule has 0 N–H and O–H groups in total. The second kappa shape index (κ2) is 6.44. The van der Waals surface area contributed by atoms with Gasteiger partial charge in [0.2, 0.25) is 0 Å². The topological polar surface area (TPSA) is 35.5 Å². The van der Waals surface area contributed by atoms with E-state index in [9.17, 15) is 4.79 Å². The maximum atomic E-state index is 11.1. The summed E-state index contributed by atoms with van der Waals surface area (Å²) in [6, 6.07) is 15.3. The molecule has 2 aromatic carbocycles. The van der Waals surface area contributed by atoms with Crippen LogP contribution in [-0.4, -0.2) is 12.9 Å². The van der Waals surface area contributed by atoms with Crippen molar-refractivity contribution in [2.75, 3.05) is 6.61 Å². The number of rotatable bonds is 7. The molecule has 0 radical (unpaired) electrons. The van der Waals surface area contributed by atoms with Gasteiger partial charge < -0.3 is 9.47 Å². The van der Waals surface area contributed by atoms with E-state index in [0.717, 1.165) is 17.6 Å². The van der Waals surface area contributed by atoms with E-state index in [1.165, 1.54) is 12.8 Å². The van der Waals surface area contributed by atoms with Crippen LogP contribution in [0.15, 0.2) is 48.5 Å². The first-order valence-corrected chi connectivity index (χ1v) is 7.24. The fourth-order valence-electron chi connectivity index (χ4n) is 2.06. The zero-order valence-corrected chi connectivity index (χ0v) is 11.8. The summed E-state index contributed by atoms with van der Waals surface area (Å²) in [6.07, 6.45) is 3.27. The van der Waals surface area contributed by atoms with Crippen molar-refractivity contribution in [1.82, 2.24) is 0 Å². The molecule has 0 saturated heterocycles. The van der Waals surface area contributed by atoms with E-state index < -0.39 is 0 Å². The summed E-state index contributed by atoms with van der Waals surface area (Å²) < 4.78 is 11.5. The summed E-state index contributed by atoms with van der Waals surface area (Å²) in [6.45, 7) is 1.19. The predicted octanol–water partition coefficient (Wildman–Crippen LogP) is 3.87. The third kappa shape index (κ3) is 3.85. The van der Waals surface area contributed by atoms with Gasteiger partial charge in [0.15, 0.2) is 6.29 Å². The van der Waals surface area contributed by atoms with E-state index >= 15 is 0 Å². The number of aldehydes is 1. The lowest BCUT2D eigenvalue weighted by Gasteiger charge is -2.11. The van der Waals surface area contributed by atoms with Gasteiger partial charge >= 0.3 is 0 Å². The van der Waals surface area contributed by atoms with E-state index in [1.807, 2.05) is 30.3 Å². The largest absolute Gasteiger partial charge is 0.492 e. The molecule has 1 fully saturated rings. The van der Waals surface area contributed by atoms with E-state index in [0.29, 0.717) is 30.4 Å². The van der Waals surface area contributed by atoms with E-state index in [1.54, 1.807) is 18.2 Å². The molecule has 2 aromatic rings. The minimum absolute atomic E-state index is 0.503. The number of carbonyl (C=O) groups is 1. The highest BCUT2D eigenvalue weighted by molar-refractivity contribution is 5.79. The van der Waals surface area contributed by atoms with E-state index in [4.69, 9.17) is 9.47 Å². The molecule has 1 aliphatic rings. The minimum atomic E-state index is 0.503. The van der Waals surface area contributed by atoms with Crippen LogP contribution in [0.25, 0.3) is 0 Å². The summed E-state index contributed by atoms with van der Waals surface area (Å²) in [5.41, 5.74) is 1.68. The van der Waals surface area contributed by atoms with Gasteiger partial charge in [0.25, 0.3) is 0 Å². The lowest BCUT2D eigenvalue weighted by Crippen LogP contribution is -2.02. The maximum Gasteiger partial charge on any atom is 0.153 e. The molecule has 0 amide bonds. The van der Waals surface area contributed by atoms with Gasteiger partial charge in [-0.05, 0) is 36.5 Å². The van der Waals surface area contributed by atoms with Crippen LogP contribution in [0.4, 0.5) is 0 Å². The van der Waals surface area contributed by atoms with Crippen molar-refractivity contribution >= 4 is 6.29 Å². The maximum absolute atomic E-state index is 11.1. The molecule has 3 nitrogen and oxygen atoms in total. The molecule has 21 heavy (non-hydrogen) atoms. The van der Waals surface area contributed by atoms with Gasteiger partial charge in [0.05, 0.1) is 12.2 Å². The molecule has 0 aromatic heterocycles. The van der Waals surface area contributed by atoms with Crippen LogP contribution >= 0.6 is 0 Å². The van der Waals surface area contributed by atoms with Crippen molar-refractivity contribution in [3.63, 3.8) is 0 Å². The highest BCUT2D eigenvalue weighted by atomic mass is 16.5. The van der Waals surface area contributed by atoms with Gasteiger partial charge in [-0.3, -0.25) is 4.79 Å². The minimum Gasteiger partial charge on any atom is -0.492 e. The Morgan fingerprint density at radius 3 is 2.57 bits per heavy atom. The second-order valence-corrected chi connectivity index (χ2v) is 5.35. The summed E-state index contributed by atoms with van der Waals surface area (Å²) in [5, 5.41) is 0. The van der Waals surface area contributed by atoms with Gasteiger partial charge in [-0.1, -0.05) is 30.3 Å². The molecule has 3 heteroatoms. The van der Waals surface area contributed by atoms with Crippen LogP contribution in [0.3, 0.4) is 0 Å². The van der Waals surface area contributed by atoms with Crippen LogP contribution in [0.2, 0.25) is 0 Å². The van der Waals surface area contributed by atoms with Crippen molar-refractivity contribution in [3.8, 4) is 11.5 Å². The molecule has 0 unspecified atom stereocenters. The van der Waals surface area contributed by atoms with Crippen LogP contribution in [0.1, 0.15) is 28.8 Å². The van der Waals surface area contributed by atoms with Gasteiger partial charge in [-0.15, -0.1) is 0 Å². The number of hydrogen-bond acceptors (Lipinski definition) is 3. The normalized spacial score (nSPS) is 13.7. The fraction of sp³-hybridized carbons (Fsp3) is 0.278. The van der Waals surface area contributed by atoms with Gasteiger partial charge in [0, 0.05) is 6.07 Å². The van der Waals surface area contributed by atoms with Crippen molar-refractivity contribution in [2.24, 2.45) is 5.92 Å². The average Bonchev–Trinajstić information content (AvgIpc) is 3.36. The summed E-state index contributed by atoms with van der Waals surface area (Å²) in [5.74, 6) is 1.98. The molecule has 0 aliphatic heterocycles. The fourth-order valence-corrected chi connectivity index (χ4v) is 2.06. The smallest absolute Gasteiger partial charge is 0.153 e. The number of carbonyl (C=O) groups excluding carboxylic acids is 1. The summed E-state index contributed by atoms with van der Waals surface area (Å²) in [4.78, 5) is 11.1. The first-order chi connectivity index (χ1) is 10.3. The van der Waals surface area contributed by atoms with Gasteiger partial charge in [0.1, 0.15) is 18.1 Å². The first-order valence-electron chi connectivity index (χ1n) is 7.24. The third-order valence-corrected chi connectivity index (χ3v) is 3.53. The lowest BCUT2D eigenvalue weighted by atomic mass is 10.2. The second-order valence-electron chi connectivity index (χ2n) is 5.35. The molecular formula is C18H18O3. The van der Waals surface area contributed by atoms with Crippen LogP contribution in [0, 0.1) is 5.92 Å². The Morgan fingerprint density at radius 1 is 1.05 bits per heavy atom. The average molecular weight is 282 g/mol. The van der Waals surface area contributed by atoms with Crippen LogP contribution < -0.4 is 9.47 Å².